The number of ketones is 1. The minimum absolute atomic E-state index is 0.0266. The number of fused-ring (bicyclic) bond motifs is 1. The zero-order valence-corrected chi connectivity index (χ0v) is 15.2. The minimum Gasteiger partial charge on any atom is -0.486 e. The van der Waals surface area contributed by atoms with Gasteiger partial charge in [-0.25, -0.2) is 8.78 Å². The molecule has 1 aliphatic heterocycles. The summed E-state index contributed by atoms with van der Waals surface area (Å²) in [6.45, 7) is 0.218. The van der Waals surface area contributed by atoms with Gasteiger partial charge < -0.3 is 19.5 Å². The number of carbonyl (C=O) groups is 3. The molecule has 0 atom stereocenters. The second-order valence-corrected chi connectivity index (χ2v) is 6.12. The Kier molecular flexibility index (Phi) is 6.38. The fourth-order valence-corrected chi connectivity index (χ4v) is 2.57. The molecule has 0 bridgehead atoms. The fraction of sp³-hybridized carbons (Fsp3) is 0.250. The SMILES string of the molecule is O=C(COC(=O)CCC(=O)c1ccc2c(c1)OCCO2)Nc1ccc(F)c(F)c1. The molecule has 0 spiro atoms. The maximum atomic E-state index is 13.1. The maximum Gasteiger partial charge on any atom is 0.306 e. The van der Waals surface area contributed by atoms with Gasteiger partial charge in [-0.15, -0.1) is 0 Å². The molecule has 1 heterocycles. The van der Waals surface area contributed by atoms with E-state index >= 15 is 0 Å². The van der Waals surface area contributed by atoms with Gasteiger partial charge in [-0.05, 0) is 30.3 Å². The van der Waals surface area contributed by atoms with E-state index in [1.807, 2.05) is 0 Å². The predicted molar refractivity (Wildman–Crippen MR) is 96.9 cm³/mol. The molecular formula is C20H17F2NO6. The van der Waals surface area contributed by atoms with E-state index in [1.165, 1.54) is 6.07 Å². The molecule has 0 radical (unpaired) electrons. The third-order valence-electron chi connectivity index (χ3n) is 3.99. The van der Waals surface area contributed by atoms with Crippen molar-refractivity contribution in [2.75, 3.05) is 25.1 Å². The second kappa shape index (κ2) is 9.13. The number of hydrogen-bond acceptors (Lipinski definition) is 6. The van der Waals surface area contributed by atoms with Crippen LogP contribution in [0.15, 0.2) is 36.4 Å². The molecule has 1 amide bonds. The van der Waals surface area contributed by atoms with Crippen LogP contribution < -0.4 is 14.8 Å². The molecule has 0 saturated heterocycles. The van der Waals surface area contributed by atoms with Crippen molar-refractivity contribution in [1.29, 1.82) is 0 Å². The zero-order valence-electron chi connectivity index (χ0n) is 15.2. The summed E-state index contributed by atoms with van der Waals surface area (Å²) in [5.41, 5.74) is 0.400. The number of esters is 1. The van der Waals surface area contributed by atoms with Crippen LogP contribution in [0.25, 0.3) is 0 Å². The normalized spacial score (nSPS) is 12.2. The molecule has 2 aromatic carbocycles. The molecule has 0 aromatic heterocycles. The van der Waals surface area contributed by atoms with Gasteiger partial charge in [0.15, 0.2) is 35.5 Å². The van der Waals surface area contributed by atoms with Crippen molar-refractivity contribution in [3.05, 3.63) is 53.6 Å². The molecule has 9 heteroatoms. The number of benzene rings is 2. The summed E-state index contributed by atoms with van der Waals surface area (Å²) in [4.78, 5) is 35.7. The first kappa shape index (κ1) is 20.2. The highest BCUT2D eigenvalue weighted by molar-refractivity contribution is 5.98. The van der Waals surface area contributed by atoms with Crippen LogP contribution in [0.1, 0.15) is 23.2 Å². The maximum absolute atomic E-state index is 13.1. The molecule has 1 aliphatic rings. The van der Waals surface area contributed by atoms with Gasteiger partial charge in [-0.3, -0.25) is 14.4 Å². The van der Waals surface area contributed by atoms with Gasteiger partial charge in [0, 0.05) is 23.7 Å². The van der Waals surface area contributed by atoms with Crippen molar-refractivity contribution in [1.82, 2.24) is 0 Å². The highest BCUT2D eigenvalue weighted by atomic mass is 19.2. The molecule has 152 valence electrons. The van der Waals surface area contributed by atoms with Crippen LogP contribution >= 0.6 is 0 Å². The molecule has 2 aromatic rings. The van der Waals surface area contributed by atoms with E-state index in [4.69, 9.17) is 14.2 Å². The standard InChI is InChI=1S/C20H17F2NO6/c21-14-3-2-13(10-15(14)22)23-19(25)11-29-20(26)6-4-16(24)12-1-5-17-18(9-12)28-8-7-27-17/h1-3,5,9-10H,4,6-8,11H2,(H,23,25). The monoisotopic (exact) mass is 405 g/mol. The summed E-state index contributed by atoms with van der Waals surface area (Å²) in [5.74, 6) is -2.88. The van der Waals surface area contributed by atoms with Crippen LogP contribution in [0.4, 0.5) is 14.5 Å². The Labute approximate surface area is 164 Å². The van der Waals surface area contributed by atoms with Crippen LogP contribution in [0.3, 0.4) is 0 Å². The smallest absolute Gasteiger partial charge is 0.306 e. The molecule has 29 heavy (non-hydrogen) atoms. The molecule has 0 fully saturated rings. The van der Waals surface area contributed by atoms with Gasteiger partial charge in [0.2, 0.25) is 0 Å². The van der Waals surface area contributed by atoms with Crippen LogP contribution in [0.2, 0.25) is 0 Å². The van der Waals surface area contributed by atoms with Crippen molar-refractivity contribution < 1.29 is 37.4 Å². The van der Waals surface area contributed by atoms with Crippen molar-refractivity contribution in [3.63, 3.8) is 0 Å². The number of halogens is 2. The zero-order chi connectivity index (χ0) is 20.8. The van der Waals surface area contributed by atoms with E-state index in [0.29, 0.717) is 30.3 Å². The Morgan fingerprint density at radius 2 is 1.69 bits per heavy atom. The lowest BCUT2D eigenvalue weighted by molar-refractivity contribution is -0.147. The summed E-state index contributed by atoms with van der Waals surface area (Å²) < 4.78 is 41.5. The van der Waals surface area contributed by atoms with Gasteiger partial charge in [0.1, 0.15) is 13.2 Å². The molecule has 0 saturated carbocycles. The van der Waals surface area contributed by atoms with Gasteiger partial charge in [0.05, 0.1) is 6.42 Å². The van der Waals surface area contributed by atoms with E-state index in [-0.39, 0.29) is 24.3 Å². The number of ether oxygens (including phenoxy) is 3. The number of carbonyl (C=O) groups excluding carboxylic acids is 3. The summed E-state index contributed by atoms with van der Waals surface area (Å²) >= 11 is 0. The van der Waals surface area contributed by atoms with Crippen molar-refractivity contribution >= 4 is 23.3 Å². The minimum atomic E-state index is -1.11. The van der Waals surface area contributed by atoms with E-state index in [2.05, 4.69) is 5.32 Å². The van der Waals surface area contributed by atoms with Gasteiger partial charge in [-0.2, -0.15) is 0 Å². The summed E-state index contributed by atoms with van der Waals surface area (Å²) in [6, 6.07) is 7.60. The van der Waals surface area contributed by atoms with Crippen molar-refractivity contribution in [2.24, 2.45) is 0 Å². The lowest BCUT2D eigenvalue weighted by Crippen LogP contribution is -2.21. The van der Waals surface area contributed by atoms with Gasteiger partial charge in [0.25, 0.3) is 5.91 Å². The highest BCUT2D eigenvalue weighted by Gasteiger charge is 2.16. The Morgan fingerprint density at radius 3 is 2.45 bits per heavy atom. The molecule has 0 unspecified atom stereocenters. The summed E-state index contributed by atoms with van der Waals surface area (Å²) in [5, 5.41) is 2.27. The predicted octanol–water partition coefficient (Wildman–Crippen LogP) is 2.88. The lowest BCUT2D eigenvalue weighted by Gasteiger charge is -2.18. The Balaban J connectivity index is 1.43. The molecular weight excluding hydrogens is 388 g/mol. The number of hydrogen-bond donors (Lipinski definition) is 1. The first-order valence-electron chi connectivity index (χ1n) is 8.76. The highest BCUT2D eigenvalue weighted by Crippen LogP contribution is 2.31. The Bertz CT molecular complexity index is 947. The van der Waals surface area contributed by atoms with Crippen molar-refractivity contribution in [2.45, 2.75) is 12.8 Å². The van der Waals surface area contributed by atoms with Gasteiger partial charge >= 0.3 is 5.97 Å². The number of anilines is 1. The lowest BCUT2D eigenvalue weighted by atomic mass is 10.1. The largest absolute Gasteiger partial charge is 0.486 e. The van der Waals surface area contributed by atoms with E-state index in [9.17, 15) is 23.2 Å². The number of rotatable bonds is 7. The summed E-state index contributed by atoms with van der Waals surface area (Å²) in [6.07, 6.45) is -0.324. The van der Waals surface area contributed by atoms with Crippen molar-refractivity contribution in [3.8, 4) is 11.5 Å². The van der Waals surface area contributed by atoms with E-state index < -0.39 is 30.1 Å². The molecule has 0 aliphatic carbocycles. The van der Waals surface area contributed by atoms with Gasteiger partial charge in [-0.1, -0.05) is 0 Å². The van der Waals surface area contributed by atoms with Crippen LogP contribution in [0, 0.1) is 11.6 Å². The second-order valence-electron chi connectivity index (χ2n) is 6.12. The quantitative estimate of drug-likeness (QED) is 0.563. The number of amides is 1. The fourth-order valence-electron chi connectivity index (χ4n) is 2.57. The van der Waals surface area contributed by atoms with Crippen LogP contribution in [0.5, 0.6) is 11.5 Å². The molecule has 1 N–H and O–H groups in total. The molecule has 7 nitrogen and oxygen atoms in total. The Hall–Kier alpha value is -3.49. The molecule has 3 rings (SSSR count). The topological polar surface area (TPSA) is 90.9 Å². The van der Waals surface area contributed by atoms with Crippen LogP contribution in [-0.2, 0) is 14.3 Å². The Morgan fingerprint density at radius 1 is 0.931 bits per heavy atom. The van der Waals surface area contributed by atoms with Crippen LogP contribution in [-0.4, -0.2) is 37.5 Å². The first-order valence-corrected chi connectivity index (χ1v) is 8.76. The van der Waals surface area contributed by atoms with E-state index in [1.54, 1.807) is 18.2 Å². The average Bonchev–Trinajstić information content (AvgIpc) is 2.72. The first-order chi connectivity index (χ1) is 13.9. The number of Topliss-reactive ketones (excluding diaryl/α,β-unsaturated/α-hetero) is 1. The third-order valence-corrected chi connectivity index (χ3v) is 3.99. The summed E-state index contributed by atoms with van der Waals surface area (Å²) in [7, 11) is 0. The van der Waals surface area contributed by atoms with E-state index in [0.717, 1.165) is 12.1 Å². The number of nitrogens with one attached hydrogen (secondary N) is 1. The third kappa shape index (κ3) is 5.50. The average molecular weight is 405 g/mol.